The van der Waals surface area contributed by atoms with Gasteiger partial charge < -0.3 is 4.90 Å². The van der Waals surface area contributed by atoms with E-state index in [1.165, 1.54) is 12.4 Å². The van der Waals surface area contributed by atoms with Crippen molar-refractivity contribution in [3.05, 3.63) is 46.4 Å². The SMILES string of the molecule is CC(C)(C)c1ccc(=O)n(CCN2CCN(c3ncc(F)cn3)CC2)n1. The average Bonchev–Trinajstić information content (AvgIpc) is 2.61. The summed E-state index contributed by atoms with van der Waals surface area (Å²) >= 11 is 0. The summed E-state index contributed by atoms with van der Waals surface area (Å²) in [6.07, 6.45) is 2.38. The van der Waals surface area contributed by atoms with E-state index < -0.39 is 5.82 Å². The molecule has 0 spiro atoms. The summed E-state index contributed by atoms with van der Waals surface area (Å²) < 4.78 is 14.5. The fourth-order valence-electron chi connectivity index (χ4n) is 2.89. The number of piperazine rings is 1. The van der Waals surface area contributed by atoms with Crippen molar-refractivity contribution in [3.8, 4) is 0 Å². The van der Waals surface area contributed by atoms with Crippen LogP contribution in [0.5, 0.6) is 0 Å². The number of halogens is 1. The van der Waals surface area contributed by atoms with E-state index in [0.717, 1.165) is 38.4 Å². The van der Waals surface area contributed by atoms with Gasteiger partial charge in [0.1, 0.15) is 0 Å². The molecule has 26 heavy (non-hydrogen) atoms. The summed E-state index contributed by atoms with van der Waals surface area (Å²) in [6, 6.07) is 3.40. The summed E-state index contributed by atoms with van der Waals surface area (Å²) in [7, 11) is 0. The van der Waals surface area contributed by atoms with E-state index in [1.807, 2.05) is 4.90 Å². The van der Waals surface area contributed by atoms with Gasteiger partial charge in [-0.05, 0) is 6.07 Å². The predicted molar refractivity (Wildman–Crippen MR) is 97.8 cm³/mol. The Morgan fingerprint density at radius 1 is 1.04 bits per heavy atom. The van der Waals surface area contributed by atoms with Crippen LogP contribution in [0.4, 0.5) is 10.3 Å². The van der Waals surface area contributed by atoms with E-state index in [-0.39, 0.29) is 11.0 Å². The second-order valence-corrected chi connectivity index (χ2v) is 7.56. The molecular formula is C18H25FN6O. The van der Waals surface area contributed by atoms with Gasteiger partial charge in [-0.2, -0.15) is 5.10 Å². The third-order valence-corrected chi connectivity index (χ3v) is 4.52. The summed E-state index contributed by atoms with van der Waals surface area (Å²) in [5, 5.41) is 4.51. The number of rotatable bonds is 4. The largest absolute Gasteiger partial charge is 0.338 e. The first-order valence-corrected chi connectivity index (χ1v) is 8.86. The fraction of sp³-hybridized carbons (Fsp3) is 0.556. The topological polar surface area (TPSA) is 67.2 Å². The highest BCUT2D eigenvalue weighted by Crippen LogP contribution is 2.18. The third kappa shape index (κ3) is 4.43. The van der Waals surface area contributed by atoms with E-state index in [0.29, 0.717) is 12.5 Å². The van der Waals surface area contributed by atoms with Crippen LogP contribution < -0.4 is 10.5 Å². The lowest BCUT2D eigenvalue weighted by Crippen LogP contribution is -2.48. The Morgan fingerprint density at radius 3 is 2.31 bits per heavy atom. The molecule has 0 amide bonds. The van der Waals surface area contributed by atoms with Gasteiger partial charge in [-0.3, -0.25) is 9.69 Å². The molecule has 8 heteroatoms. The molecule has 1 fully saturated rings. The number of aromatic nitrogens is 4. The van der Waals surface area contributed by atoms with Crippen LogP contribution >= 0.6 is 0 Å². The molecule has 0 aromatic carbocycles. The summed E-state index contributed by atoms with van der Waals surface area (Å²) in [5.41, 5.74) is 0.752. The van der Waals surface area contributed by atoms with E-state index in [1.54, 1.807) is 16.8 Å². The smallest absolute Gasteiger partial charge is 0.266 e. The Kier molecular flexibility index (Phi) is 5.31. The van der Waals surface area contributed by atoms with Crippen LogP contribution in [-0.4, -0.2) is 57.4 Å². The standard InChI is InChI=1S/C18H25FN6O/c1-18(2,3)15-4-5-16(26)25(22-15)11-8-23-6-9-24(10-7-23)17-20-12-14(19)13-21-17/h4-5,12-13H,6-11H2,1-3H3. The zero-order valence-corrected chi connectivity index (χ0v) is 15.5. The van der Waals surface area contributed by atoms with Crippen molar-refractivity contribution in [3.63, 3.8) is 0 Å². The zero-order valence-electron chi connectivity index (χ0n) is 15.5. The Hall–Kier alpha value is -2.35. The van der Waals surface area contributed by atoms with Crippen LogP contribution in [-0.2, 0) is 12.0 Å². The van der Waals surface area contributed by atoms with Crippen LogP contribution in [0, 0.1) is 5.82 Å². The fourth-order valence-corrected chi connectivity index (χ4v) is 2.89. The molecule has 0 N–H and O–H groups in total. The molecule has 3 rings (SSSR count). The Balaban J connectivity index is 1.56. The molecule has 1 aliphatic heterocycles. The molecule has 0 aliphatic carbocycles. The van der Waals surface area contributed by atoms with Gasteiger partial charge in [0, 0.05) is 44.2 Å². The van der Waals surface area contributed by atoms with Crippen molar-refractivity contribution in [2.24, 2.45) is 0 Å². The van der Waals surface area contributed by atoms with E-state index >= 15 is 0 Å². The van der Waals surface area contributed by atoms with Crippen molar-refractivity contribution in [1.29, 1.82) is 0 Å². The molecule has 0 radical (unpaired) electrons. The molecule has 2 aromatic heterocycles. The molecule has 2 aromatic rings. The number of hydrogen-bond donors (Lipinski definition) is 0. The van der Waals surface area contributed by atoms with Crippen molar-refractivity contribution < 1.29 is 4.39 Å². The van der Waals surface area contributed by atoms with Gasteiger partial charge in [-0.1, -0.05) is 20.8 Å². The molecular weight excluding hydrogens is 335 g/mol. The zero-order chi connectivity index (χ0) is 18.7. The van der Waals surface area contributed by atoms with Crippen LogP contribution in [0.3, 0.4) is 0 Å². The third-order valence-electron chi connectivity index (χ3n) is 4.52. The number of anilines is 1. The molecule has 7 nitrogen and oxygen atoms in total. The maximum atomic E-state index is 12.9. The molecule has 1 aliphatic rings. The van der Waals surface area contributed by atoms with Crippen molar-refractivity contribution in [2.75, 3.05) is 37.6 Å². The lowest BCUT2D eigenvalue weighted by Gasteiger charge is -2.34. The molecule has 0 atom stereocenters. The van der Waals surface area contributed by atoms with Gasteiger partial charge in [0.15, 0.2) is 5.82 Å². The molecule has 140 valence electrons. The summed E-state index contributed by atoms with van der Waals surface area (Å²) in [5.74, 6) is 0.129. The normalized spacial score (nSPS) is 16.1. The van der Waals surface area contributed by atoms with Crippen LogP contribution in [0.25, 0.3) is 0 Å². The van der Waals surface area contributed by atoms with Gasteiger partial charge >= 0.3 is 0 Å². The molecule has 0 bridgehead atoms. The van der Waals surface area contributed by atoms with Crippen molar-refractivity contribution >= 4 is 5.95 Å². The van der Waals surface area contributed by atoms with Gasteiger partial charge in [-0.15, -0.1) is 0 Å². The molecule has 0 unspecified atom stereocenters. The minimum absolute atomic E-state index is 0.0728. The highest BCUT2D eigenvalue weighted by atomic mass is 19.1. The van der Waals surface area contributed by atoms with Crippen molar-refractivity contribution in [2.45, 2.75) is 32.7 Å². The van der Waals surface area contributed by atoms with E-state index in [4.69, 9.17) is 0 Å². The number of nitrogens with zero attached hydrogens (tertiary/aromatic N) is 6. The first-order chi connectivity index (χ1) is 12.3. The van der Waals surface area contributed by atoms with Gasteiger partial charge in [0.25, 0.3) is 5.56 Å². The first-order valence-electron chi connectivity index (χ1n) is 8.86. The van der Waals surface area contributed by atoms with Crippen LogP contribution in [0.2, 0.25) is 0 Å². The monoisotopic (exact) mass is 360 g/mol. The Bertz CT molecular complexity index is 791. The molecule has 1 saturated heterocycles. The maximum absolute atomic E-state index is 12.9. The Labute approximate surface area is 152 Å². The minimum atomic E-state index is -0.428. The predicted octanol–water partition coefficient (Wildman–Crippen LogP) is 1.29. The first kappa shape index (κ1) is 18.4. The second kappa shape index (κ2) is 7.49. The summed E-state index contributed by atoms with van der Waals surface area (Å²) in [6.45, 7) is 10.8. The van der Waals surface area contributed by atoms with Crippen molar-refractivity contribution in [1.82, 2.24) is 24.6 Å². The van der Waals surface area contributed by atoms with Gasteiger partial charge in [0.2, 0.25) is 5.95 Å². The Morgan fingerprint density at radius 2 is 1.69 bits per heavy atom. The second-order valence-electron chi connectivity index (χ2n) is 7.56. The highest BCUT2D eigenvalue weighted by molar-refractivity contribution is 5.29. The molecule has 3 heterocycles. The lowest BCUT2D eigenvalue weighted by molar-refractivity contribution is 0.241. The maximum Gasteiger partial charge on any atom is 0.266 e. The van der Waals surface area contributed by atoms with E-state index in [2.05, 4.69) is 40.7 Å². The number of hydrogen-bond acceptors (Lipinski definition) is 6. The van der Waals surface area contributed by atoms with E-state index in [9.17, 15) is 9.18 Å². The van der Waals surface area contributed by atoms with Crippen LogP contribution in [0.15, 0.2) is 29.3 Å². The minimum Gasteiger partial charge on any atom is -0.338 e. The average molecular weight is 360 g/mol. The lowest BCUT2D eigenvalue weighted by atomic mass is 9.92. The summed E-state index contributed by atoms with van der Waals surface area (Å²) in [4.78, 5) is 24.5. The van der Waals surface area contributed by atoms with Gasteiger partial charge in [0.05, 0.1) is 24.6 Å². The van der Waals surface area contributed by atoms with Gasteiger partial charge in [-0.25, -0.2) is 19.0 Å². The highest BCUT2D eigenvalue weighted by Gasteiger charge is 2.20. The quantitative estimate of drug-likeness (QED) is 0.819. The van der Waals surface area contributed by atoms with Crippen LogP contribution in [0.1, 0.15) is 26.5 Å². The molecule has 0 saturated carbocycles.